The Balaban J connectivity index is 2.41. The zero-order valence-electron chi connectivity index (χ0n) is 8.07. The monoisotopic (exact) mass is 194 g/mol. The van der Waals surface area contributed by atoms with Crippen LogP contribution in [0.25, 0.3) is 0 Å². The molecule has 0 unspecified atom stereocenters. The van der Waals surface area contributed by atoms with Gasteiger partial charge in [-0.15, -0.1) is 0 Å². The van der Waals surface area contributed by atoms with E-state index in [9.17, 15) is 4.79 Å². The standard InChI is InChI=1S/C10H14N2O2/c1-12-10(13)14-9(11)7-8-5-3-2-4-6-8/h2-6,9H,7,11H2,1H3,(H,12,13)/t9-/m0/s1. The third-order valence-corrected chi connectivity index (χ3v) is 1.74. The fraction of sp³-hybridized carbons (Fsp3) is 0.300. The Labute approximate surface area is 83.1 Å². The van der Waals surface area contributed by atoms with Crippen molar-refractivity contribution in [1.29, 1.82) is 0 Å². The minimum atomic E-state index is -0.600. The van der Waals surface area contributed by atoms with Crippen LogP contribution < -0.4 is 11.1 Å². The van der Waals surface area contributed by atoms with E-state index in [1.807, 2.05) is 30.3 Å². The Morgan fingerprint density at radius 3 is 2.71 bits per heavy atom. The first-order valence-electron chi connectivity index (χ1n) is 4.40. The van der Waals surface area contributed by atoms with Gasteiger partial charge < -0.3 is 10.1 Å². The first-order chi connectivity index (χ1) is 6.72. The topological polar surface area (TPSA) is 64.3 Å². The summed E-state index contributed by atoms with van der Waals surface area (Å²) in [5.41, 5.74) is 6.64. The molecular weight excluding hydrogens is 180 g/mol. The lowest BCUT2D eigenvalue weighted by Crippen LogP contribution is -2.33. The number of amides is 1. The summed E-state index contributed by atoms with van der Waals surface area (Å²) in [4.78, 5) is 10.8. The molecule has 0 fully saturated rings. The van der Waals surface area contributed by atoms with Crippen LogP contribution in [0, 0.1) is 0 Å². The Hall–Kier alpha value is -1.55. The lowest BCUT2D eigenvalue weighted by atomic mass is 10.1. The zero-order chi connectivity index (χ0) is 10.4. The molecule has 0 bridgehead atoms. The minimum Gasteiger partial charge on any atom is -0.430 e. The SMILES string of the molecule is CNC(=O)O[C@H](N)Cc1ccccc1. The molecule has 4 nitrogen and oxygen atoms in total. The van der Waals surface area contributed by atoms with E-state index in [4.69, 9.17) is 10.5 Å². The van der Waals surface area contributed by atoms with Gasteiger partial charge in [0.15, 0.2) is 6.23 Å². The molecular formula is C10H14N2O2. The first kappa shape index (κ1) is 10.5. The van der Waals surface area contributed by atoms with Gasteiger partial charge in [-0.1, -0.05) is 30.3 Å². The Bertz CT molecular complexity index is 287. The molecule has 0 saturated heterocycles. The molecule has 0 aliphatic heterocycles. The lowest BCUT2D eigenvalue weighted by Gasteiger charge is -2.12. The van der Waals surface area contributed by atoms with Crippen molar-refractivity contribution in [2.75, 3.05) is 7.05 Å². The summed E-state index contributed by atoms with van der Waals surface area (Å²) in [7, 11) is 1.50. The van der Waals surface area contributed by atoms with Crippen molar-refractivity contribution in [1.82, 2.24) is 5.32 Å². The maximum Gasteiger partial charge on any atom is 0.408 e. The fourth-order valence-corrected chi connectivity index (χ4v) is 1.08. The van der Waals surface area contributed by atoms with Crippen LogP contribution in [0.15, 0.2) is 30.3 Å². The predicted molar refractivity (Wildman–Crippen MR) is 53.7 cm³/mol. The van der Waals surface area contributed by atoms with E-state index in [1.165, 1.54) is 7.05 Å². The van der Waals surface area contributed by atoms with E-state index in [0.717, 1.165) is 5.56 Å². The van der Waals surface area contributed by atoms with E-state index in [1.54, 1.807) is 0 Å². The second-order valence-electron chi connectivity index (χ2n) is 2.88. The predicted octanol–water partition coefficient (Wildman–Crippen LogP) is 0.870. The van der Waals surface area contributed by atoms with Gasteiger partial charge in [0.1, 0.15) is 0 Å². The van der Waals surface area contributed by atoms with Gasteiger partial charge in [-0.3, -0.25) is 5.73 Å². The van der Waals surface area contributed by atoms with Gasteiger partial charge in [-0.2, -0.15) is 0 Å². The van der Waals surface area contributed by atoms with Crippen LogP contribution in [0.4, 0.5) is 4.79 Å². The molecule has 1 aromatic carbocycles. The molecule has 0 aliphatic rings. The number of hydrogen-bond donors (Lipinski definition) is 2. The van der Waals surface area contributed by atoms with Crippen molar-refractivity contribution in [2.45, 2.75) is 12.6 Å². The second-order valence-corrected chi connectivity index (χ2v) is 2.88. The van der Waals surface area contributed by atoms with Gasteiger partial charge >= 0.3 is 6.09 Å². The maximum atomic E-state index is 10.8. The minimum absolute atomic E-state index is 0.506. The molecule has 3 N–H and O–H groups in total. The summed E-state index contributed by atoms with van der Waals surface area (Å²) in [6.45, 7) is 0. The number of benzene rings is 1. The summed E-state index contributed by atoms with van der Waals surface area (Å²) >= 11 is 0. The third kappa shape index (κ3) is 3.45. The zero-order valence-corrected chi connectivity index (χ0v) is 8.07. The number of nitrogens with one attached hydrogen (secondary N) is 1. The van der Waals surface area contributed by atoms with Crippen molar-refractivity contribution in [2.24, 2.45) is 5.73 Å². The van der Waals surface area contributed by atoms with Crippen molar-refractivity contribution < 1.29 is 9.53 Å². The number of hydrogen-bond acceptors (Lipinski definition) is 3. The highest BCUT2D eigenvalue weighted by Crippen LogP contribution is 2.02. The van der Waals surface area contributed by atoms with Crippen molar-refractivity contribution in [3.8, 4) is 0 Å². The smallest absolute Gasteiger partial charge is 0.408 e. The van der Waals surface area contributed by atoms with Gasteiger partial charge in [0.05, 0.1) is 0 Å². The Kier molecular flexibility index (Phi) is 3.94. The molecule has 4 heteroatoms. The highest BCUT2D eigenvalue weighted by molar-refractivity contribution is 5.66. The normalized spacial score (nSPS) is 11.9. The van der Waals surface area contributed by atoms with Crippen molar-refractivity contribution >= 4 is 6.09 Å². The fourth-order valence-electron chi connectivity index (χ4n) is 1.08. The molecule has 76 valence electrons. The average Bonchev–Trinajstić information content (AvgIpc) is 2.19. The van der Waals surface area contributed by atoms with Crippen molar-refractivity contribution in [3.05, 3.63) is 35.9 Å². The van der Waals surface area contributed by atoms with Crippen LogP contribution in [-0.4, -0.2) is 19.4 Å². The maximum absolute atomic E-state index is 10.8. The quantitative estimate of drug-likeness (QED) is 0.702. The summed E-state index contributed by atoms with van der Waals surface area (Å²) in [5, 5.41) is 2.34. The first-order valence-corrected chi connectivity index (χ1v) is 4.40. The lowest BCUT2D eigenvalue weighted by molar-refractivity contribution is 0.103. The summed E-state index contributed by atoms with van der Waals surface area (Å²) in [5.74, 6) is 0. The summed E-state index contributed by atoms with van der Waals surface area (Å²) < 4.78 is 4.83. The van der Waals surface area contributed by atoms with Crippen molar-refractivity contribution in [3.63, 3.8) is 0 Å². The average molecular weight is 194 g/mol. The molecule has 0 aliphatic carbocycles. The molecule has 1 atom stereocenters. The van der Waals surface area contributed by atoms with E-state index < -0.39 is 12.3 Å². The number of carbonyl (C=O) groups is 1. The van der Waals surface area contributed by atoms with Gasteiger partial charge in [0.2, 0.25) is 0 Å². The highest BCUT2D eigenvalue weighted by atomic mass is 16.6. The van der Waals surface area contributed by atoms with E-state index in [2.05, 4.69) is 5.32 Å². The molecule has 0 saturated carbocycles. The number of ether oxygens (including phenoxy) is 1. The molecule has 0 heterocycles. The number of nitrogens with two attached hydrogens (primary N) is 1. The van der Waals surface area contributed by atoms with Crippen LogP contribution in [0.5, 0.6) is 0 Å². The molecule has 1 rings (SSSR count). The molecule has 1 aromatic rings. The third-order valence-electron chi connectivity index (χ3n) is 1.74. The second kappa shape index (κ2) is 5.24. The van der Waals surface area contributed by atoms with Crippen LogP contribution in [-0.2, 0) is 11.2 Å². The van der Waals surface area contributed by atoms with E-state index in [0.29, 0.717) is 6.42 Å². The van der Waals surface area contributed by atoms with Crippen LogP contribution >= 0.6 is 0 Å². The van der Waals surface area contributed by atoms with Gasteiger partial charge in [0, 0.05) is 13.5 Å². The van der Waals surface area contributed by atoms with Gasteiger partial charge in [-0.05, 0) is 5.56 Å². The Morgan fingerprint density at radius 2 is 2.14 bits per heavy atom. The number of alkyl carbamates (subject to hydrolysis) is 1. The van der Waals surface area contributed by atoms with Crippen LogP contribution in [0.1, 0.15) is 5.56 Å². The highest BCUT2D eigenvalue weighted by Gasteiger charge is 2.07. The Morgan fingerprint density at radius 1 is 1.50 bits per heavy atom. The molecule has 14 heavy (non-hydrogen) atoms. The molecule has 0 aromatic heterocycles. The largest absolute Gasteiger partial charge is 0.430 e. The molecule has 0 radical (unpaired) electrons. The summed E-state index contributed by atoms with van der Waals surface area (Å²) in [6, 6.07) is 9.64. The van der Waals surface area contributed by atoms with Crippen LogP contribution in [0.2, 0.25) is 0 Å². The van der Waals surface area contributed by atoms with Crippen LogP contribution in [0.3, 0.4) is 0 Å². The van der Waals surface area contributed by atoms with E-state index >= 15 is 0 Å². The molecule has 0 spiro atoms. The summed E-state index contributed by atoms with van der Waals surface area (Å²) in [6.07, 6.45) is -0.584. The molecule has 1 amide bonds. The number of carbonyl (C=O) groups excluding carboxylic acids is 1. The van der Waals surface area contributed by atoms with Gasteiger partial charge in [-0.25, -0.2) is 4.79 Å². The number of rotatable bonds is 3. The van der Waals surface area contributed by atoms with E-state index in [-0.39, 0.29) is 0 Å². The van der Waals surface area contributed by atoms with Gasteiger partial charge in [0.25, 0.3) is 0 Å².